The number of thiophene rings is 1. The number of halogens is 1. The number of anilines is 1. The van der Waals surface area contributed by atoms with Gasteiger partial charge in [-0.1, -0.05) is 100 Å². The number of nitrogens with zero attached hydrogens (tertiary/aromatic N) is 3. The second kappa shape index (κ2) is 23.4. The average molecular weight is 776 g/mol. The maximum atomic E-state index is 15.0. The molecule has 3 heterocycles. The number of benzene rings is 2. The summed E-state index contributed by atoms with van der Waals surface area (Å²) >= 11 is 1.11. The van der Waals surface area contributed by atoms with E-state index in [4.69, 9.17) is 15.5 Å². The van der Waals surface area contributed by atoms with E-state index in [0.29, 0.717) is 58.1 Å². The molecule has 0 amide bonds. The van der Waals surface area contributed by atoms with E-state index < -0.39 is 11.9 Å². The van der Waals surface area contributed by atoms with Crippen molar-refractivity contribution in [2.45, 2.75) is 167 Å². The third kappa shape index (κ3) is 11.2. The third-order valence-corrected chi connectivity index (χ3v) is 11.4. The number of amidine groups is 1. The van der Waals surface area contributed by atoms with Gasteiger partial charge in [0.05, 0.1) is 23.5 Å². The van der Waals surface area contributed by atoms with Crippen molar-refractivity contribution in [1.82, 2.24) is 10.2 Å². The van der Waals surface area contributed by atoms with Gasteiger partial charge in [-0.3, -0.25) is 9.79 Å². The number of ether oxygens (including phenoxy) is 1. The Balaban J connectivity index is 0.00000106. The van der Waals surface area contributed by atoms with Gasteiger partial charge >= 0.3 is 0 Å². The highest BCUT2D eigenvalue weighted by molar-refractivity contribution is 7.23. The maximum absolute atomic E-state index is 15.0. The van der Waals surface area contributed by atoms with Gasteiger partial charge in [0.2, 0.25) is 0 Å². The van der Waals surface area contributed by atoms with E-state index in [1.54, 1.807) is 13.0 Å². The largest absolute Gasteiger partial charge is 0.389 e. The van der Waals surface area contributed by atoms with Crippen molar-refractivity contribution >= 4 is 38.0 Å². The first-order chi connectivity index (χ1) is 26.4. The van der Waals surface area contributed by atoms with Crippen LogP contribution in [0, 0.1) is 36.9 Å². The van der Waals surface area contributed by atoms with Crippen LogP contribution in [0.5, 0.6) is 0 Å². The van der Waals surface area contributed by atoms with Crippen LogP contribution in [0.1, 0.15) is 161 Å². The molecule has 0 spiro atoms. The van der Waals surface area contributed by atoms with Gasteiger partial charge in [-0.25, -0.2) is 4.39 Å². The molecule has 2 aromatic carbocycles. The summed E-state index contributed by atoms with van der Waals surface area (Å²) in [6, 6.07) is 5.32. The summed E-state index contributed by atoms with van der Waals surface area (Å²) in [5.74, 6) is 1.92. The molecule has 304 valence electrons. The van der Waals surface area contributed by atoms with E-state index in [1.807, 2.05) is 13.8 Å². The SMILES string of the molecule is CC.CCC.CCC/C=C(/NC(=NC(CCC)C(C)=O)c1c(C)c(C)c(-c2ccc(F)c3sc(N)c(C#N)c23)c2c1COC2)N1CCC(C)C1C.CCCC. The molecule has 55 heavy (non-hydrogen) atoms. The molecule has 5 rings (SSSR count). The van der Waals surface area contributed by atoms with Crippen LogP contribution >= 0.6 is 11.3 Å². The first kappa shape index (κ1) is 47.4. The molecule has 3 atom stereocenters. The molecular weight excluding hydrogens is 706 g/mol. The number of nitrogen functional groups attached to an aromatic ring is 1. The van der Waals surface area contributed by atoms with Gasteiger partial charge in [-0.05, 0) is 98.4 Å². The van der Waals surface area contributed by atoms with Crippen LogP contribution in [0.15, 0.2) is 29.0 Å². The minimum Gasteiger partial charge on any atom is -0.389 e. The van der Waals surface area contributed by atoms with E-state index in [1.165, 1.54) is 25.3 Å². The van der Waals surface area contributed by atoms with Crippen molar-refractivity contribution in [3.8, 4) is 17.2 Å². The molecule has 9 heteroatoms. The van der Waals surface area contributed by atoms with Crippen molar-refractivity contribution in [3.63, 3.8) is 0 Å². The van der Waals surface area contributed by atoms with E-state index in [0.717, 1.165) is 88.3 Å². The molecular formula is C46H70FN5O2S. The molecule has 2 aliphatic rings. The van der Waals surface area contributed by atoms with Gasteiger partial charge in [0.15, 0.2) is 5.78 Å². The normalized spacial score (nSPS) is 16.9. The lowest BCUT2D eigenvalue weighted by Crippen LogP contribution is -2.40. The van der Waals surface area contributed by atoms with Crippen LogP contribution in [0.25, 0.3) is 21.2 Å². The number of fused-ring (bicyclic) bond motifs is 2. The maximum Gasteiger partial charge on any atom is 0.154 e. The van der Waals surface area contributed by atoms with Crippen LogP contribution in [-0.2, 0) is 22.7 Å². The predicted octanol–water partition coefficient (Wildman–Crippen LogP) is 12.5. The number of hydrogen-bond donors (Lipinski definition) is 2. The number of carbonyl (C=O) groups is 1. The van der Waals surface area contributed by atoms with Crippen LogP contribution in [-0.4, -0.2) is 35.1 Å². The van der Waals surface area contributed by atoms with Crippen molar-refractivity contribution in [1.29, 1.82) is 5.26 Å². The van der Waals surface area contributed by atoms with Crippen molar-refractivity contribution in [3.05, 3.63) is 63.2 Å². The zero-order valence-electron chi connectivity index (χ0n) is 36.3. The number of carbonyl (C=O) groups excluding carboxylic acids is 1. The summed E-state index contributed by atoms with van der Waals surface area (Å²) < 4.78 is 21.6. The van der Waals surface area contributed by atoms with E-state index in [9.17, 15) is 10.1 Å². The lowest BCUT2D eigenvalue weighted by Gasteiger charge is -2.31. The molecule has 0 bridgehead atoms. The standard InChI is InChI=1S/C37H46FN5O2S.C4H10.C3H8.C2H6/c1-8-10-12-31(43-16-15-20(3)23(43)6)42-37(41-30(11-9-2)24(7)44)33-22(5)21(4)32(27-18-45-19-28(27)33)25-13-14-29(38)35-34(25)26(17-39)36(40)46-35;1-3-4-2;1-3-2;1-2/h12-14,20,23,30H,8-11,15-16,18-19,40H2,1-7H3,(H,41,42);3-4H2,1-2H3;3H2,1-2H3;1-2H3/b31-12-;;;. The Kier molecular flexibility index (Phi) is 20.1. The highest BCUT2D eigenvalue weighted by Gasteiger charge is 2.33. The Morgan fingerprint density at radius 1 is 1.07 bits per heavy atom. The number of likely N-dealkylation sites (tertiary alicyclic amines) is 1. The van der Waals surface area contributed by atoms with Crippen LogP contribution in [0.2, 0.25) is 0 Å². The number of nitrogens with one attached hydrogen (secondary N) is 1. The van der Waals surface area contributed by atoms with E-state index >= 15 is 4.39 Å². The van der Waals surface area contributed by atoms with Gasteiger partial charge in [0.25, 0.3) is 0 Å². The molecule has 0 aliphatic carbocycles. The second-order valence-corrected chi connectivity index (χ2v) is 15.6. The minimum absolute atomic E-state index is 0.0371. The molecule has 3 aromatic rings. The van der Waals surface area contributed by atoms with E-state index in [2.05, 4.69) is 91.6 Å². The predicted molar refractivity (Wildman–Crippen MR) is 234 cm³/mol. The topological polar surface area (TPSA) is 104 Å². The van der Waals surface area contributed by atoms with Crippen LogP contribution in [0.4, 0.5) is 9.39 Å². The molecule has 3 N–H and O–H groups in total. The quantitative estimate of drug-likeness (QED) is 0.148. The third-order valence-electron chi connectivity index (χ3n) is 10.3. The Morgan fingerprint density at radius 3 is 2.24 bits per heavy atom. The van der Waals surface area contributed by atoms with Gasteiger partial charge in [-0.15, -0.1) is 11.3 Å². The number of unbranched alkanes of at least 4 members (excludes halogenated alkanes) is 2. The molecule has 2 aliphatic heterocycles. The van der Waals surface area contributed by atoms with Gasteiger partial charge in [0, 0.05) is 23.5 Å². The number of nitrogens with two attached hydrogens (primary N) is 1. The first-order valence-electron chi connectivity index (χ1n) is 20.8. The second-order valence-electron chi connectivity index (χ2n) is 14.5. The van der Waals surface area contributed by atoms with Gasteiger partial charge in [-0.2, -0.15) is 5.26 Å². The number of allylic oxidation sites excluding steroid dienone is 1. The molecule has 7 nitrogen and oxygen atoms in total. The highest BCUT2D eigenvalue weighted by Crippen LogP contribution is 2.46. The molecule has 1 saturated heterocycles. The highest BCUT2D eigenvalue weighted by atomic mass is 32.1. The Hall–Kier alpha value is -3.74. The number of aliphatic imine (C=N–C) groups is 1. The summed E-state index contributed by atoms with van der Waals surface area (Å²) in [6.07, 6.45) is 10.7. The molecule has 3 unspecified atom stereocenters. The molecule has 1 aromatic heterocycles. The summed E-state index contributed by atoms with van der Waals surface area (Å²) in [4.78, 5) is 20.5. The number of hydrogen-bond acceptors (Lipinski definition) is 7. The minimum atomic E-state index is -0.476. The molecule has 0 saturated carbocycles. The zero-order valence-corrected chi connectivity index (χ0v) is 37.1. The summed E-state index contributed by atoms with van der Waals surface area (Å²) in [5, 5.41) is 14.6. The lowest BCUT2D eigenvalue weighted by atomic mass is 9.84. The number of rotatable bonds is 11. The van der Waals surface area contributed by atoms with Crippen molar-refractivity contribution < 1.29 is 13.9 Å². The monoisotopic (exact) mass is 776 g/mol. The summed E-state index contributed by atoms with van der Waals surface area (Å²) in [7, 11) is 0. The first-order valence-corrected chi connectivity index (χ1v) is 21.6. The Labute approximate surface area is 336 Å². The smallest absolute Gasteiger partial charge is 0.154 e. The van der Waals surface area contributed by atoms with E-state index in [-0.39, 0.29) is 5.78 Å². The average Bonchev–Trinajstić information content (AvgIpc) is 3.88. The van der Waals surface area contributed by atoms with Crippen LogP contribution in [0.3, 0.4) is 0 Å². The fraction of sp³-hybridized carbons (Fsp3) is 0.587. The number of Topliss-reactive ketones (excluding diaryl/α,β-unsaturated/α-hetero) is 1. The summed E-state index contributed by atoms with van der Waals surface area (Å²) in [5.41, 5.74) is 13.2. The van der Waals surface area contributed by atoms with Gasteiger partial charge < -0.3 is 20.7 Å². The van der Waals surface area contributed by atoms with Crippen molar-refractivity contribution in [2.75, 3.05) is 12.3 Å². The number of nitriles is 1. The molecule has 0 radical (unpaired) electrons. The van der Waals surface area contributed by atoms with Crippen LogP contribution < -0.4 is 11.1 Å². The zero-order chi connectivity index (χ0) is 41.4. The molecule has 1 fully saturated rings. The summed E-state index contributed by atoms with van der Waals surface area (Å²) in [6.45, 7) is 28.9. The lowest BCUT2D eigenvalue weighted by molar-refractivity contribution is -0.118. The fourth-order valence-corrected chi connectivity index (χ4v) is 7.87. The number of ketones is 1. The van der Waals surface area contributed by atoms with Gasteiger partial charge in [0.1, 0.15) is 34.6 Å². The Morgan fingerprint density at radius 2 is 1.71 bits per heavy atom. The fourth-order valence-electron chi connectivity index (χ4n) is 6.92. The van der Waals surface area contributed by atoms with Crippen molar-refractivity contribution in [2.24, 2.45) is 10.9 Å². The Bertz CT molecular complexity index is 1820.